The lowest BCUT2D eigenvalue weighted by molar-refractivity contribution is -0.142. The first-order valence-corrected chi connectivity index (χ1v) is 7.80. The Balaban J connectivity index is 2.16. The van der Waals surface area contributed by atoms with Crippen molar-refractivity contribution in [1.82, 2.24) is 0 Å². The molecule has 0 spiro atoms. The summed E-state index contributed by atoms with van der Waals surface area (Å²) >= 11 is 7.87. The van der Waals surface area contributed by atoms with Crippen molar-refractivity contribution in [2.45, 2.75) is 37.5 Å². The zero-order valence-corrected chi connectivity index (χ0v) is 12.6. The van der Waals surface area contributed by atoms with Crippen molar-refractivity contribution in [2.24, 2.45) is 5.73 Å². The third-order valence-corrected chi connectivity index (χ3v) is 4.40. The smallest absolute Gasteiger partial charge is 0.323 e. The van der Waals surface area contributed by atoms with Crippen LogP contribution in [0.5, 0.6) is 0 Å². The van der Waals surface area contributed by atoms with E-state index in [0.29, 0.717) is 6.42 Å². The van der Waals surface area contributed by atoms with Crippen LogP contribution >= 0.6 is 23.4 Å². The van der Waals surface area contributed by atoms with Gasteiger partial charge in [-0.3, -0.25) is 4.79 Å². The van der Waals surface area contributed by atoms with E-state index >= 15 is 0 Å². The molecule has 0 amide bonds. The molecule has 1 rings (SSSR count). The van der Waals surface area contributed by atoms with Gasteiger partial charge in [0.05, 0.1) is 0 Å². The number of halogens is 1. The molecule has 0 aliphatic carbocycles. The van der Waals surface area contributed by atoms with Gasteiger partial charge in [-0.1, -0.05) is 36.2 Å². The largest absolute Gasteiger partial charge is 0.480 e. The van der Waals surface area contributed by atoms with Crippen molar-refractivity contribution in [1.29, 1.82) is 0 Å². The van der Waals surface area contributed by atoms with E-state index in [1.807, 2.05) is 24.3 Å². The Morgan fingerprint density at radius 3 is 2.74 bits per heavy atom. The minimum atomic E-state index is -1.10. The fourth-order valence-electron chi connectivity index (χ4n) is 1.60. The number of nitrogens with two attached hydrogens (primary N) is 1. The van der Waals surface area contributed by atoms with Gasteiger partial charge in [-0.05, 0) is 37.1 Å². The molecule has 1 aromatic rings. The summed E-state index contributed by atoms with van der Waals surface area (Å²) in [5.41, 5.74) is 5.70. The van der Waals surface area contributed by atoms with E-state index in [0.717, 1.165) is 34.9 Å². The molecule has 0 fully saturated rings. The summed E-state index contributed by atoms with van der Waals surface area (Å²) in [7, 11) is 0. The molecule has 0 heterocycles. The highest BCUT2D eigenvalue weighted by atomic mass is 35.5. The van der Waals surface area contributed by atoms with Gasteiger partial charge in [-0.25, -0.2) is 0 Å². The normalized spacial score (nSPS) is 14.1. The van der Waals surface area contributed by atoms with E-state index in [2.05, 4.69) is 0 Å². The Hall–Kier alpha value is -0.710. The second kappa shape index (κ2) is 7.78. The highest BCUT2D eigenvalue weighted by Crippen LogP contribution is 2.22. The molecule has 19 heavy (non-hydrogen) atoms. The van der Waals surface area contributed by atoms with Gasteiger partial charge >= 0.3 is 5.97 Å². The van der Waals surface area contributed by atoms with Crippen LogP contribution in [0.4, 0.5) is 0 Å². The highest BCUT2D eigenvalue weighted by Gasteiger charge is 2.26. The average molecular weight is 302 g/mol. The number of rotatable bonds is 8. The Bertz CT molecular complexity index is 424. The summed E-state index contributed by atoms with van der Waals surface area (Å²) in [6, 6.07) is 7.82. The first-order valence-electron chi connectivity index (χ1n) is 6.27. The molecule has 0 aliphatic rings. The van der Waals surface area contributed by atoms with Crippen LogP contribution in [0, 0.1) is 0 Å². The van der Waals surface area contributed by atoms with Crippen LogP contribution in [-0.2, 0) is 10.5 Å². The zero-order chi connectivity index (χ0) is 14.3. The van der Waals surface area contributed by atoms with E-state index < -0.39 is 11.5 Å². The first-order chi connectivity index (χ1) is 8.93. The van der Waals surface area contributed by atoms with Crippen molar-refractivity contribution in [3.05, 3.63) is 34.9 Å². The van der Waals surface area contributed by atoms with Gasteiger partial charge in [0.15, 0.2) is 0 Å². The topological polar surface area (TPSA) is 63.3 Å². The second-order valence-electron chi connectivity index (χ2n) is 4.82. The van der Waals surface area contributed by atoms with Crippen LogP contribution in [0.15, 0.2) is 24.3 Å². The predicted molar refractivity (Wildman–Crippen MR) is 81.7 cm³/mol. The van der Waals surface area contributed by atoms with Crippen molar-refractivity contribution < 1.29 is 9.90 Å². The standard InChI is InChI=1S/C14H20ClNO2S/c1-14(16,13(17)18)8-4-5-9-19-10-11-6-2-3-7-12(11)15/h2-3,6-7H,4-5,8-10,16H2,1H3,(H,17,18). The zero-order valence-electron chi connectivity index (χ0n) is 11.1. The fourth-order valence-corrected chi connectivity index (χ4v) is 2.91. The molecule has 0 saturated heterocycles. The van der Waals surface area contributed by atoms with Crippen LogP contribution in [0.25, 0.3) is 0 Å². The Morgan fingerprint density at radius 2 is 2.11 bits per heavy atom. The van der Waals surface area contributed by atoms with Gasteiger partial charge in [0, 0.05) is 10.8 Å². The molecule has 1 aromatic carbocycles. The molecule has 3 nitrogen and oxygen atoms in total. The molecular weight excluding hydrogens is 282 g/mol. The summed E-state index contributed by atoms with van der Waals surface area (Å²) in [5.74, 6) is 0.940. The maximum absolute atomic E-state index is 10.8. The van der Waals surface area contributed by atoms with Gasteiger partial charge < -0.3 is 10.8 Å². The lowest BCUT2D eigenvalue weighted by Crippen LogP contribution is -2.44. The van der Waals surface area contributed by atoms with E-state index in [-0.39, 0.29) is 0 Å². The van der Waals surface area contributed by atoms with Gasteiger partial charge in [0.2, 0.25) is 0 Å². The van der Waals surface area contributed by atoms with Gasteiger partial charge in [0.1, 0.15) is 5.54 Å². The summed E-state index contributed by atoms with van der Waals surface area (Å²) in [4.78, 5) is 10.8. The van der Waals surface area contributed by atoms with Gasteiger partial charge in [-0.15, -0.1) is 0 Å². The first kappa shape index (κ1) is 16.3. The van der Waals surface area contributed by atoms with Crippen LogP contribution in [0.2, 0.25) is 5.02 Å². The van der Waals surface area contributed by atoms with E-state index in [4.69, 9.17) is 22.4 Å². The minimum Gasteiger partial charge on any atom is -0.480 e. The monoisotopic (exact) mass is 301 g/mol. The number of carboxylic acids is 1. The fraction of sp³-hybridized carbons (Fsp3) is 0.500. The third kappa shape index (κ3) is 5.85. The van der Waals surface area contributed by atoms with E-state index in [1.54, 1.807) is 18.7 Å². The van der Waals surface area contributed by atoms with Gasteiger partial charge in [0.25, 0.3) is 0 Å². The molecule has 0 aliphatic heterocycles. The summed E-state index contributed by atoms with van der Waals surface area (Å²) in [6.07, 6.45) is 2.30. The van der Waals surface area contributed by atoms with Crippen molar-refractivity contribution in [3.63, 3.8) is 0 Å². The van der Waals surface area contributed by atoms with Crippen LogP contribution < -0.4 is 5.73 Å². The Labute approximate surface area is 123 Å². The van der Waals surface area contributed by atoms with Gasteiger partial charge in [-0.2, -0.15) is 11.8 Å². The molecule has 1 unspecified atom stereocenters. The van der Waals surface area contributed by atoms with Crippen molar-refractivity contribution in [2.75, 3.05) is 5.75 Å². The number of unbranched alkanes of at least 4 members (excludes halogenated alkanes) is 1. The third-order valence-electron chi connectivity index (χ3n) is 2.94. The summed E-state index contributed by atoms with van der Waals surface area (Å²) in [5, 5.41) is 9.68. The quantitative estimate of drug-likeness (QED) is 0.721. The molecule has 3 N–H and O–H groups in total. The predicted octanol–water partition coefficient (Wildman–Crippen LogP) is 3.55. The number of thioether (sulfide) groups is 1. The lowest BCUT2D eigenvalue weighted by atomic mass is 9.97. The molecule has 106 valence electrons. The maximum atomic E-state index is 10.8. The number of carboxylic acid groups (broad SMARTS) is 1. The van der Waals surface area contributed by atoms with Crippen LogP contribution in [-0.4, -0.2) is 22.4 Å². The van der Waals surface area contributed by atoms with E-state index in [9.17, 15) is 4.79 Å². The molecular formula is C14H20ClNO2S. The number of benzene rings is 1. The van der Waals surface area contributed by atoms with Crippen LogP contribution in [0.1, 0.15) is 31.7 Å². The molecule has 0 radical (unpaired) electrons. The van der Waals surface area contributed by atoms with Crippen molar-refractivity contribution in [3.8, 4) is 0 Å². The molecule has 5 heteroatoms. The minimum absolute atomic E-state index is 0.509. The Morgan fingerprint density at radius 1 is 1.42 bits per heavy atom. The number of carbonyl (C=O) groups is 1. The molecule has 0 bridgehead atoms. The molecule has 0 saturated carbocycles. The summed E-state index contributed by atoms with van der Waals surface area (Å²) in [6.45, 7) is 1.56. The van der Waals surface area contributed by atoms with E-state index in [1.165, 1.54) is 0 Å². The summed E-state index contributed by atoms with van der Waals surface area (Å²) < 4.78 is 0. The number of aliphatic carboxylic acids is 1. The number of hydrogen-bond donors (Lipinski definition) is 2. The van der Waals surface area contributed by atoms with Crippen LogP contribution in [0.3, 0.4) is 0 Å². The molecule has 0 aromatic heterocycles. The highest BCUT2D eigenvalue weighted by molar-refractivity contribution is 7.98. The Kier molecular flexibility index (Phi) is 6.69. The SMILES string of the molecule is CC(N)(CCCCSCc1ccccc1Cl)C(=O)O. The lowest BCUT2D eigenvalue weighted by Gasteiger charge is -2.18. The molecule has 1 atom stereocenters. The van der Waals surface area contributed by atoms with Crippen molar-refractivity contribution >= 4 is 29.3 Å². The maximum Gasteiger partial charge on any atom is 0.323 e. The average Bonchev–Trinajstić information content (AvgIpc) is 2.35. The number of hydrogen-bond acceptors (Lipinski definition) is 3. The second-order valence-corrected chi connectivity index (χ2v) is 6.34.